The molecule has 1 aliphatic rings. The molecule has 1 saturated carbocycles. The second-order valence-corrected chi connectivity index (χ2v) is 4.15. The molecule has 1 atom stereocenters. The van der Waals surface area contributed by atoms with Gasteiger partial charge in [0.1, 0.15) is 0 Å². The van der Waals surface area contributed by atoms with Gasteiger partial charge in [0.2, 0.25) is 0 Å². The summed E-state index contributed by atoms with van der Waals surface area (Å²) in [6, 6.07) is 2.26. The van der Waals surface area contributed by atoms with E-state index in [1.807, 2.05) is 0 Å². The van der Waals surface area contributed by atoms with Gasteiger partial charge in [-0.15, -0.1) is 0 Å². The van der Waals surface area contributed by atoms with Crippen molar-refractivity contribution in [1.29, 1.82) is 5.26 Å². The van der Waals surface area contributed by atoms with Crippen molar-refractivity contribution in [2.75, 3.05) is 7.11 Å². The molecule has 0 amide bonds. The number of rotatable bonds is 1. The fraction of sp³-hybridized carbons (Fsp3) is 0.889. The van der Waals surface area contributed by atoms with E-state index in [-0.39, 0.29) is 5.41 Å². The van der Waals surface area contributed by atoms with E-state index in [2.05, 4.69) is 19.9 Å². The highest BCUT2D eigenvalue weighted by Gasteiger charge is 2.43. The van der Waals surface area contributed by atoms with Gasteiger partial charge >= 0.3 is 0 Å². The molecule has 0 heterocycles. The Labute approximate surface area is 68.2 Å². The second kappa shape index (κ2) is 2.49. The predicted molar refractivity (Wildman–Crippen MR) is 43.0 cm³/mol. The Bertz CT molecular complexity index is 192. The molecule has 1 fully saturated rings. The molecule has 0 aliphatic heterocycles. The van der Waals surface area contributed by atoms with Crippen LogP contribution in [0.15, 0.2) is 0 Å². The van der Waals surface area contributed by atoms with Gasteiger partial charge in [0.15, 0.2) is 5.60 Å². The van der Waals surface area contributed by atoms with Crippen molar-refractivity contribution in [3.05, 3.63) is 0 Å². The summed E-state index contributed by atoms with van der Waals surface area (Å²) in [5.41, 5.74) is -0.199. The number of methoxy groups -OCH3 is 1. The van der Waals surface area contributed by atoms with Crippen LogP contribution >= 0.6 is 0 Å². The van der Waals surface area contributed by atoms with Gasteiger partial charge in [-0.25, -0.2) is 0 Å². The molecule has 1 aliphatic carbocycles. The van der Waals surface area contributed by atoms with Crippen molar-refractivity contribution in [1.82, 2.24) is 0 Å². The third-order valence-corrected chi connectivity index (χ3v) is 2.56. The Morgan fingerprint density at radius 1 is 1.36 bits per heavy atom. The van der Waals surface area contributed by atoms with Gasteiger partial charge in [0.05, 0.1) is 6.07 Å². The molecule has 1 rings (SSSR count). The van der Waals surface area contributed by atoms with Crippen LogP contribution in [0.4, 0.5) is 0 Å². The molecule has 0 spiro atoms. The fourth-order valence-corrected chi connectivity index (χ4v) is 1.81. The summed E-state index contributed by atoms with van der Waals surface area (Å²) in [5.74, 6) is 0. The van der Waals surface area contributed by atoms with E-state index in [0.717, 1.165) is 19.3 Å². The van der Waals surface area contributed by atoms with Crippen LogP contribution in [-0.2, 0) is 4.74 Å². The zero-order valence-corrected chi connectivity index (χ0v) is 7.48. The SMILES string of the molecule is COC1(C#N)CCC(C)(C)C1. The standard InChI is InChI=1S/C9H15NO/c1-8(2)4-5-9(6-8,7-10)11-3/h4-6H2,1-3H3. The highest BCUT2D eigenvalue weighted by Crippen LogP contribution is 2.44. The number of ether oxygens (including phenoxy) is 1. The van der Waals surface area contributed by atoms with E-state index in [9.17, 15) is 0 Å². The van der Waals surface area contributed by atoms with E-state index in [1.165, 1.54) is 0 Å². The molecule has 0 saturated heterocycles. The molecule has 0 bridgehead atoms. The molecule has 62 valence electrons. The van der Waals surface area contributed by atoms with Crippen LogP contribution in [0.1, 0.15) is 33.1 Å². The van der Waals surface area contributed by atoms with Crippen LogP contribution in [0.3, 0.4) is 0 Å². The molecule has 11 heavy (non-hydrogen) atoms. The summed E-state index contributed by atoms with van der Waals surface area (Å²) in [5, 5.41) is 8.87. The molecule has 1 unspecified atom stereocenters. The Balaban J connectivity index is 2.72. The number of nitrogens with zero attached hydrogens (tertiary/aromatic N) is 1. The van der Waals surface area contributed by atoms with Crippen LogP contribution < -0.4 is 0 Å². The van der Waals surface area contributed by atoms with Crippen LogP contribution in [0.5, 0.6) is 0 Å². The topological polar surface area (TPSA) is 33.0 Å². The maximum absolute atomic E-state index is 8.87. The molecule has 0 aromatic heterocycles. The highest BCUT2D eigenvalue weighted by atomic mass is 16.5. The quantitative estimate of drug-likeness (QED) is 0.578. The first-order valence-electron chi connectivity index (χ1n) is 4.00. The first kappa shape index (κ1) is 8.55. The van der Waals surface area contributed by atoms with Crippen LogP contribution in [0.25, 0.3) is 0 Å². The average Bonchev–Trinajstić information content (AvgIpc) is 2.28. The minimum absolute atomic E-state index is 0.283. The maximum Gasteiger partial charge on any atom is 0.154 e. The van der Waals surface area contributed by atoms with Crippen molar-refractivity contribution in [2.45, 2.75) is 38.7 Å². The molecule has 0 aromatic carbocycles. The lowest BCUT2D eigenvalue weighted by molar-refractivity contribution is 0.0370. The summed E-state index contributed by atoms with van der Waals surface area (Å²) in [4.78, 5) is 0. The van der Waals surface area contributed by atoms with Crippen LogP contribution in [0, 0.1) is 16.7 Å². The molecule has 2 heteroatoms. The third kappa shape index (κ3) is 1.54. The Kier molecular flexibility index (Phi) is 1.94. The van der Waals surface area contributed by atoms with Gasteiger partial charge in [0.25, 0.3) is 0 Å². The van der Waals surface area contributed by atoms with Gasteiger partial charge < -0.3 is 4.74 Å². The zero-order chi connectivity index (χ0) is 8.54. The smallest absolute Gasteiger partial charge is 0.154 e. The van der Waals surface area contributed by atoms with Gasteiger partial charge in [-0.3, -0.25) is 0 Å². The van der Waals surface area contributed by atoms with Crippen LogP contribution in [-0.4, -0.2) is 12.7 Å². The lowest BCUT2D eigenvalue weighted by atomic mass is 9.89. The van der Waals surface area contributed by atoms with Crippen molar-refractivity contribution in [3.8, 4) is 6.07 Å². The number of hydrogen-bond acceptors (Lipinski definition) is 2. The third-order valence-electron chi connectivity index (χ3n) is 2.56. The van der Waals surface area contributed by atoms with Crippen LogP contribution in [0.2, 0.25) is 0 Å². The van der Waals surface area contributed by atoms with E-state index in [0.29, 0.717) is 0 Å². The minimum Gasteiger partial charge on any atom is -0.363 e. The lowest BCUT2D eigenvalue weighted by Crippen LogP contribution is -2.26. The zero-order valence-electron chi connectivity index (χ0n) is 7.48. The molecule has 0 N–H and O–H groups in total. The molecule has 0 aromatic rings. The average molecular weight is 153 g/mol. The summed E-state index contributed by atoms with van der Waals surface area (Å²) < 4.78 is 5.22. The van der Waals surface area contributed by atoms with Gasteiger partial charge in [0, 0.05) is 7.11 Å². The number of nitriles is 1. The summed E-state index contributed by atoms with van der Waals surface area (Å²) in [6.45, 7) is 4.37. The molecular formula is C9H15NO. The van der Waals surface area contributed by atoms with Crippen molar-refractivity contribution in [3.63, 3.8) is 0 Å². The van der Waals surface area contributed by atoms with Gasteiger partial charge in [-0.1, -0.05) is 13.8 Å². The van der Waals surface area contributed by atoms with E-state index >= 15 is 0 Å². The predicted octanol–water partition coefficient (Wildman–Crippen LogP) is 2.11. The number of hydrogen-bond donors (Lipinski definition) is 0. The Hall–Kier alpha value is -0.550. The normalized spacial score (nSPS) is 35.1. The lowest BCUT2D eigenvalue weighted by Gasteiger charge is -2.21. The summed E-state index contributed by atoms with van der Waals surface area (Å²) >= 11 is 0. The van der Waals surface area contributed by atoms with Crippen molar-refractivity contribution >= 4 is 0 Å². The monoisotopic (exact) mass is 153 g/mol. The Morgan fingerprint density at radius 3 is 2.18 bits per heavy atom. The van der Waals surface area contributed by atoms with E-state index in [4.69, 9.17) is 10.00 Å². The molecule has 0 radical (unpaired) electrons. The fourth-order valence-electron chi connectivity index (χ4n) is 1.81. The minimum atomic E-state index is -0.483. The Morgan fingerprint density at radius 2 is 2.00 bits per heavy atom. The maximum atomic E-state index is 8.87. The van der Waals surface area contributed by atoms with E-state index < -0.39 is 5.60 Å². The van der Waals surface area contributed by atoms with Gasteiger partial charge in [-0.05, 0) is 24.7 Å². The summed E-state index contributed by atoms with van der Waals surface area (Å²) in [6.07, 6.45) is 2.84. The van der Waals surface area contributed by atoms with E-state index in [1.54, 1.807) is 7.11 Å². The first-order valence-corrected chi connectivity index (χ1v) is 4.00. The van der Waals surface area contributed by atoms with Crippen molar-refractivity contribution < 1.29 is 4.74 Å². The highest BCUT2D eigenvalue weighted by molar-refractivity contribution is 5.09. The second-order valence-electron chi connectivity index (χ2n) is 4.15. The largest absolute Gasteiger partial charge is 0.363 e. The first-order chi connectivity index (χ1) is 5.04. The molecule has 2 nitrogen and oxygen atoms in total. The van der Waals surface area contributed by atoms with Gasteiger partial charge in [-0.2, -0.15) is 5.26 Å². The molecular weight excluding hydrogens is 138 g/mol. The summed E-state index contributed by atoms with van der Waals surface area (Å²) in [7, 11) is 1.63. The van der Waals surface area contributed by atoms with Crippen molar-refractivity contribution in [2.24, 2.45) is 5.41 Å².